The van der Waals surface area contributed by atoms with Crippen molar-refractivity contribution in [1.82, 2.24) is 14.8 Å². The van der Waals surface area contributed by atoms with E-state index in [2.05, 4.69) is 16.8 Å². The van der Waals surface area contributed by atoms with Crippen molar-refractivity contribution in [3.8, 4) is 0 Å². The van der Waals surface area contributed by atoms with Crippen LogP contribution in [0.2, 0.25) is 0 Å². The van der Waals surface area contributed by atoms with E-state index in [0.717, 1.165) is 42.1 Å². The Morgan fingerprint density at radius 2 is 1.84 bits per heavy atom. The monoisotopic (exact) mass is 439 g/mol. The highest BCUT2D eigenvalue weighted by atomic mass is 16.5. The van der Waals surface area contributed by atoms with Crippen LogP contribution in [-0.4, -0.2) is 47.4 Å². The van der Waals surface area contributed by atoms with Crippen molar-refractivity contribution < 1.29 is 19.1 Å². The average Bonchev–Trinajstić information content (AvgIpc) is 3.17. The van der Waals surface area contributed by atoms with Crippen molar-refractivity contribution in [2.75, 3.05) is 20.3 Å². The maximum atomic E-state index is 13.2. The molecular weight excluding hydrogens is 406 g/mol. The van der Waals surface area contributed by atoms with Crippen LogP contribution in [0, 0.1) is 13.8 Å². The van der Waals surface area contributed by atoms with Gasteiger partial charge in [-0.25, -0.2) is 4.79 Å². The van der Waals surface area contributed by atoms with Gasteiger partial charge in [0.05, 0.1) is 6.54 Å². The summed E-state index contributed by atoms with van der Waals surface area (Å²) in [7, 11) is 1.66. The number of carbonyl (C=O) groups excluding carboxylic acids is 3. The molecule has 1 aliphatic heterocycles. The number of aromatic nitrogens is 1. The first-order chi connectivity index (χ1) is 15.2. The third kappa shape index (κ3) is 4.48. The second-order valence-electron chi connectivity index (χ2n) is 8.60. The van der Waals surface area contributed by atoms with Gasteiger partial charge in [0.2, 0.25) is 0 Å². The van der Waals surface area contributed by atoms with Crippen molar-refractivity contribution in [1.29, 1.82) is 0 Å². The van der Waals surface area contributed by atoms with Crippen LogP contribution in [0.4, 0.5) is 4.79 Å². The second kappa shape index (κ2) is 9.69. The summed E-state index contributed by atoms with van der Waals surface area (Å²) in [6, 6.07) is 9.00. The van der Waals surface area contributed by atoms with Gasteiger partial charge < -0.3 is 14.6 Å². The highest BCUT2D eigenvalue weighted by Crippen LogP contribution is 2.29. The SMILES string of the molecule is CCCc1ccc(C2(C)NC(=O)N(CC(=O)c3cc(C)n(CCCOC)c3C)C2=O)cc1. The van der Waals surface area contributed by atoms with E-state index in [1.165, 1.54) is 5.56 Å². The van der Waals surface area contributed by atoms with E-state index < -0.39 is 17.5 Å². The van der Waals surface area contributed by atoms with E-state index in [4.69, 9.17) is 4.74 Å². The van der Waals surface area contributed by atoms with E-state index in [1.54, 1.807) is 14.0 Å². The molecule has 1 aliphatic rings. The zero-order valence-corrected chi connectivity index (χ0v) is 19.7. The molecule has 0 saturated carbocycles. The summed E-state index contributed by atoms with van der Waals surface area (Å²) in [5.74, 6) is -0.657. The molecule has 1 atom stereocenters. The zero-order chi connectivity index (χ0) is 23.5. The van der Waals surface area contributed by atoms with Crippen molar-refractivity contribution in [2.45, 2.75) is 59.0 Å². The summed E-state index contributed by atoms with van der Waals surface area (Å²) in [5, 5.41) is 2.79. The fraction of sp³-hybridized carbons (Fsp3) is 0.480. The summed E-state index contributed by atoms with van der Waals surface area (Å²) in [5.41, 5.74) is 3.06. The molecule has 1 saturated heterocycles. The molecule has 0 radical (unpaired) electrons. The third-order valence-corrected chi connectivity index (χ3v) is 6.25. The van der Waals surface area contributed by atoms with Crippen LogP contribution in [-0.2, 0) is 28.0 Å². The minimum atomic E-state index is -1.18. The predicted octanol–water partition coefficient (Wildman–Crippen LogP) is 3.74. The Hall–Kier alpha value is -2.93. The number of nitrogens with zero attached hydrogens (tertiary/aromatic N) is 2. The Kier molecular flexibility index (Phi) is 7.19. The van der Waals surface area contributed by atoms with Crippen LogP contribution < -0.4 is 5.32 Å². The lowest BCUT2D eigenvalue weighted by Gasteiger charge is -2.22. The van der Waals surface area contributed by atoms with Gasteiger partial charge in [0.15, 0.2) is 5.78 Å². The minimum absolute atomic E-state index is 0.248. The summed E-state index contributed by atoms with van der Waals surface area (Å²) >= 11 is 0. The van der Waals surface area contributed by atoms with Crippen LogP contribution in [0.3, 0.4) is 0 Å². The van der Waals surface area contributed by atoms with Crippen LogP contribution in [0.5, 0.6) is 0 Å². The fourth-order valence-electron chi connectivity index (χ4n) is 4.35. The minimum Gasteiger partial charge on any atom is -0.385 e. The van der Waals surface area contributed by atoms with Gasteiger partial charge in [0.1, 0.15) is 5.54 Å². The number of Topliss-reactive ketones (excluding diaryl/α,β-unsaturated/α-hetero) is 1. The molecule has 0 spiro atoms. The average molecular weight is 440 g/mol. The smallest absolute Gasteiger partial charge is 0.325 e. The van der Waals surface area contributed by atoms with Gasteiger partial charge in [-0.3, -0.25) is 14.5 Å². The molecule has 1 aromatic carbocycles. The number of nitrogens with one attached hydrogen (secondary N) is 1. The van der Waals surface area contributed by atoms with Gasteiger partial charge in [-0.1, -0.05) is 37.6 Å². The molecule has 1 unspecified atom stereocenters. The van der Waals surface area contributed by atoms with E-state index in [9.17, 15) is 14.4 Å². The summed E-state index contributed by atoms with van der Waals surface area (Å²) in [4.78, 5) is 40.0. The fourth-order valence-corrected chi connectivity index (χ4v) is 4.35. The Morgan fingerprint density at radius 3 is 2.47 bits per heavy atom. The molecule has 1 aromatic heterocycles. The summed E-state index contributed by atoms with van der Waals surface area (Å²) in [6.07, 6.45) is 2.83. The van der Waals surface area contributed by atoms with Gasteiger partial charge in [0.25, 0.3) is 5.91 Å². The lowest BCUT2D eigenvalue weighted by atomic mass is 9.91. The first-order valence-electron chi connectivity index (χ1n) is 11.1. The molecule has 32 heavy (non-hydrogen) atoms. The van der Waals surface area contributed by atoms with Gasteiger partial charge in [-0.2, -0.15) is 0 Å². The molecule has 7 nitrogen and oxygen atoms in total. The molecule has 1 fully saturated rings. The number of amides is 3. The van der Waals surface area contributed by atoms with E-state index in [0.29, 0.717) is 17.7 Å². The molecule has 7 heteroatoms. The summed E-state index contributed by atoms with van der Waals surface area (Å²) in [6.45, 7) is 8.74. The standard InChI is InChI=1S/C25H33N3O4/c1-6-8-19-9-11-20(12-10-19)25(4)23(30)28(24(31)26-25)16-22(29)21-15-17(2)27(18(21)3)13-7-14-32-5/h9-12,15H,6-8,13-14,16H2,1-5H3,(H,26,31). The highest BCUT2D eigenvalue weighted by Gasteiger charge is 2.49. The van der Waals surface area contributed by atoms with Crippen LogP contribution in [0.15, 0.2) is 30.3 Å². The molecule has 0 bridgehead atoms. The van der Waals surface area contributed by atoms with Crippen molar-refractivity contribution in [3.05, 3.63) is 58.4 Å². The molecule has 0 aliphatic carbocycles. The maximum absolute atomic E-state index is 13.2. The van der Waals surface area contributed by atoms with Gasteiger partial charge in [0, 0.05) is 37.2 Å². The first-order valence-corrected chi connectivity index (χ1v) is 11.1. The van der Waals surface area contributed by atoms with Crippen molar-refractivity contribution >= 4 is 17.7 Å². The van der Waals surface area contributed by atoms with Gasteiger partial charge in [-0.15, -0.1) is 0 Å². The Bertz CT molecular complexity index is 1010. The third-order valence-electron chi connectivity index (χ3n) is 6.25. The van der Waals surface area contributed by atoms with E-state index in [-0.39, 0.29) is 12.3 Å². The van der Waals surface area contributed by atoms with Crippen molar-refractivity contribution in [2.24, 2.45) is 0 Å². The highest BCUT2D eigenvalue weighted by molar-refractivity contribution is 6.11. The Labute approximate surface area is 189 Å². The number of benzene rings is 1. The Morgan fingerprint density at radius 1 is 1.16 bits per heavy atom. The number of ketones is 1. The molecule has 2 heterocycles. The molecule has 3 amide bonds. The normalized spacial score (nSPS) is 18.3. The number of hydrogen-bond acceptors (Lipinski definition) is 4. The van der Waals surface area contributed by atoms with E-state index in [1.807, 2.05) is 44.2 Å². The topological polar surface area (TPSA) is 80.6 Å². The van der Waals surface area contributed by atoms with E-state index >= 15 is 0 Å². The number of imide groups is 1. The Balaban J connectivity index is 1.77. The molecular formula is C25H33N3O4. The maximum Gasteiger partial charge on any atom is 0.325 e. The zero-order valence-electron chi connectivity index (χ0n) is 19.7. The number of rotatable bonds is 10. The number of hydrogen-bond donors (Lipinski definition) is 1. The number of methoxy groups -OCH3 is 1. The number of aryl methyl sites for hydroxylation is 2. The molecule has 3 rings (SSSR count). The first kappa shape index (κ1) is 23.7. The second-order valence-corrected chi connectivity index (χ2v) is 8.60. The van der Waals surface area contributed by atoms with Gasteiger partial charge >= 0.3 is 6.03 Å². The molecule has 2 aromatic rings. The lowest BCUT2D eigenvalue weighted by molar-refractivity contribution is -0.130. The van der Waals surface area contributed by atoms with Crippen molar-refractivity contribution in [3.63, 3.8) is 0 Å². The largest absolute Gasteiger partial charge is 0.385 e. The van der Waals surface area contributed by atoms with Gasteiger partial charge in [-0.05, 0) is 50.8 Å². The number of urea groups is 1. The molecule has 172 valence electrons. The predicted molar refractivity (Wildman–Crippen MR) is 123 cm³/mol. The quantitative estimate of drug-likeness (QED) is 0.347. The number of ether oxygens (including phenoxy) is 1. The van der Waals surface area contributed by atoms with Crippen LogP contribution in [0.1, 0.15) is 59.6 Å². The van der Waals surface area contributed by atoms with Crippen LogP contribution >= 0.6 is 0 Å². The number of carbonyl (C=O) groups is 3. The lowest BCUT2D eigenvalue weighted by Crippen LogP contribution is -2.41. The summed E-state index contributed by atoms with van der Waals surface area (Å²) < 4.78 is 7.19. The van der Waals surface area contributed by atoms with Crippen LogP contribution in [0.25, 0.3) is 0 Å². The molecule has 1 N–H and O–H groups in total.